The number of benzene rings is 1. The Morgan fingerprint density at radius 3 is 2.78 bits per heavy atom. The summed E-state index contributed by atoms with van der Waals surface area (Å²) in [7, 11) is 0. The van der Waals surface area contributed by atoms with Crippen LogP contribution >= 0.6 is 11.6 Å². The largest absolute Gasteiger partial charge is 0.409 e. The average Bonchev–Trinajstić information content (AvgIpc) is 2.37. The molecule has 0 fully saturated rings. The van der Waals surface area contributed by atoms with Crippen LogP contribution in [-0.4, -0.2) is 23.0 Å². The molecule has 1 amide bonds. The van der Waals surface area contributed by atoms with Crippen LogP contribution in [0.15, 0.2) is 29.4 Å². The van der Waals surface area contributed by atoms with E-state index in [0.717, 1.165) is 6.42 Å². The van der Waals surface area contributed by atoms with Crippen LogP contribution in [0.4, 0.5) is 0 Å². The van der Waals surface area contributed by atoms with E-state index in [1.54, 1.807) is 24.3 Å². The molecular weight excluding hydrogens is 254 g/mol. The number of halogens is 1. The maximum atomic E-state index is 12.0. The number of carbonyl (C=O) groups is 1. The first kappa shape index (κ1) is 14.3. The number of nitrogens with two attached hydrogens (primary N) is 1. The van der Waals surface area contributed by atoms with E-state index in [1.807, 2.05) is 6.92 Å². The van der Waals surface area contributed by atoms with E-state index < -0.39 is 6.04 Å². The van der Waals surface area contributed by atoms with Gasteiger partial charge in [0, 0.05) is 0 Å². The van der Waals surface area contributed by atoms with Gasteiger partial charge in [-0.25, -0.2) is 0 Å². The minimum Gasteiger partial charge on any atom is -0.409 e. The van der Waals surface area contributed by atoms with Gasteiger partial charge in [0.25, 0.3) is 5.91 Å². The van der Waals surface area contributed by atoms with Crippen LogP contribution in [0.1, 0.15) is 30.1 Å². The summed E-state index contributed by atoms with van der Waals surface area (Å²) in [5.74, 6) is -0.358. The minimum atomic E-state index is -0.497. The molecule has 1 aromatic carbocycles. The summed E-state index contributed by atoms with van der Waals surface area (Å²) < 4.78 is 0. The van der Waals surface area contributed by atoms with E-state index in [9.17, 15) is 4.79 Å². The van der Waals surface area contributed by atoms with E-state index >= 15 is 0 Å². The number of amides is 1. The third-order valence-corrected chi connectivity index (χ3v) is 2.80. The summed E-state index contributed by atoms with van der Waals surface area (Å²) in [6.07, 6.45) is 1.38. The van der Waals surface area contributed by atoms with Gasteiger partial charge in [0.05, 0.1) is 16.6 Å². The molecule has 0 aliphatic carbocycles. The SMILES string of the molecule is CCCC(NC(=O)c1ccccc1Cl)/C(N)=N/O. The molecule has 0 heterocycles. The van der Waals surface area contributed by atoms with E-state index in [4.69, 9.17) is 22.5 Å². The van der Waals surface area contributed by atoms with Crippen LogP contribution in [0.2, 0.25) is 5.02 Å². The fraction of sp³-hybridized carbons (Fsp3) is 0.333. The lowest BCUT2D eigenvalue weighted by molar-refractivity contribution is 0.0945. The number of hydrogen-bond donors (Lipinski definition) is 3. The molecule has 0 bridgehead atoms. The van der Waals surface area contributed by atoms with Gasteiger partial charge in [0.15, 0.2) is 5.84 Å². The van der Waals surface area contributed by atoms with Gasteiger partial charge >= 0.3 is 0 Å². The Labute approximate surface area is 111 Å². The lowest BCUT2D eigenvalue weighted by atomic mass is 10.1. The number of carbonyl (C=O) groups excluding carboxylic acids is 1. The van der Waals surface area contributed by atoms with Crippen molar-refractivity contribution >= 4 is 23.3 Å². The van der Waals surface area contributed by atoms with Crippen LogP contribution in [0.3, 0.4) is 0 Å². The highest BCUT2D eigenvalue weighted by atomic mass is 35.5. The molecule has 0 radical (unpaired) electrons. The predicted octanol–water partition coefficient (Wildman–Crippen LogP) is 1.98. The van der Waals surface area contributed by atoms with Gasteiger partial charge in [-0.05, 0) is 18.6 Å². The van der Waals surface area contributed by atoms with Gasteiger partial charge in [0.1, 0.15) is 0 Å². The van der Waals surface area contributed by atoms with Gasteiger partial charge in [-0.1, -0.05) is 42.2 Å². The molecule has 0 aliphatic heterocycles. The highest BCUT2D eigenvalue weighted by Gasteiger charge is 2.18. The molecule has 1 unspecified atom stereocenters. The lowest BCUT2D eigenvalue weighted by Gasteiger charge is -2.16. The number of rotatable bonds is 5. The molecular formula is C12H16ClN3O2. The highest BCUT2D eigenvalue weighted by molar-refractivity contribution is 6.33. The zero-order chi connectivity index (χ0) is 13.5. The van der Waals surface area contributed by atoms with E-state index in [-0.39, 0.29) is 11.7 Å². The van der Waals surface area contributed by atoms with Crippen molar-refractivity contribution in [2.24, 2.45) is 10.9 Å². The summed E-state index contributed by atoms with van der Waals surface area (Å²) >= 11 is 5.92. The van der Waals surface area contributed by atoms with E-state index in [1.165, 1.54) is 0 Å². The monoisotopic (exact) mass is 269 g/mol. The van der Waals surface area contributed by atoms with Crippen LogP contribution in [0.25, 0.3) is 0 Å². The third-order valence-electron chi connectivity index (χ3n) is 2.47. The molecule has 1 rings (SSSR count). The number of nitrogens with zero attached hydrogens (tertiary/aromatic N) is 1. The van der Waals surface area contributed by atoms with Crippen LogP contribution in [-0.2, 0) is 0 Å². The molecule has 6 heteroatoms. The van der Waals surface area contributed by atoms with Crippen LogP contribution in [0.5, 0.6) is 0 Å². The van der Waals surface area contributed by atoms with Crippen molar-refractivity contribution in [3.05, 3.63) is 34.9 Å². The zero-order valence-electron chi connectivity index (χ0n) is 10.1. The molecule has 1 atom stereocenters. The molecule has 0 saturated heterocycles. The highest BCUT2D eigenvalue weighted by Crippen LogP contribution is 2.15. The first-order chi connectivity index (χ1) is 8.60. The van der Waals surface area contributed by atoms with Crippen molar-refractivity contribution in [3.8, 4) is 0 Å². The smallest absolute Gasteiger partial charge is 0.253 e. The predicted molar refractivity (Wildman–Crippen MR) is 71.0 cm³/mol. The summed E-state index contributed by atoms with van der Waals surface area (Å²) in [6, 6.07) is 6.22. The molecule has 0 aliphatic rings. The van der Waals surface area contributed by atoms with Gasteiger partial charge in [-0.3, -0.25) is 4.79 Å². The first-order valence-electron chi connectivity index (χ1n) is 5.63. The van der Waals surface area contributed by atoms with Crippen molar-refractivity contribution in [1.82, 2.24) is 5.32 Å². The summed E-state index contributed by atoms with van der Waals surface area (Å²) in [6.45, 7) is 1.94. The van der Waals surface area contributed by atoms with Gasteiger partial charge in [0.2, 0.25) is 0 Å². The third kappa shape index (κ3) is 3.63. The lowest BCUT2D eigenvalue weighted by Crippen LogP contribution is -2.44. The topological polar surface area (TPSA) is 87.7 Å². The standard InChI is InChI=1S/C12H16ClN3O2/c1-2-5-10(11(14)16-18)15-12(17)8-6-3-4-7-9(8)13/h3-4,6-7,10,18H,2,5H2,1H3,(H2,14,16)(H,15,17). The number of oxime groups is 1. The van der Waals surface area contributed by atoms with E-state index in [0.29, 0.717) is 17.0 Å². The fourth-order valence-electron chi connectivity index (χ4n) is 1.53. The molecule has 0 aromatic heterocycles. The quantitative estimate of drug-likeness (QED) is 0.331. The van der Waals surface area contributed by atoms with Crippen LogP contribution < -0.4 is 11.1 Å². The zero-order valence-corrected chi connectivity index (χ0v) is 10.8. The van der Waals surface area contributed by atoms with Gasteiger partial charge < -0.3 is 16.3 Å². The van der Waals surface area contributed by atoms with Gasteiger partial charge in [-0.15, -0.1) is 0 Å². The Morgan fingerprint density at radius 1 is 1.56 bits per heavy atom. The Hall–Kier alpha value is -1.75. The second kappa shape index (κ2) is 6.86. The number of hydrogen-bond acceptors (Lipinski definition) is 3. The van der Waals surface area contributed by atoms with Crippen molar-refractivity contribution in [3.63, 3.8) is 0 Å². The minimum absolute atomic E-state index is 0.0164. The fourth-order valence-corrected chi connectivity index (χ4v) is 1.76. The molecule has 0 spiro atoms. The maximum Gasteiger partial charge on any atom is 0.253 e. The maximum absolute atomic E-state index is 12.0. The Kier molecular flexibility index (Phi) is 5.45. The summed E-state index contributed by atoms with van der Waals surface area (Å²) in [5.41, 5.74) is 5.89. The first-order valence-corrected chi connectivity index (χ1v) is 6.00. The second-order valence-corrected chi connectivity index (χ2v) is 4.23. The summed E-state index contributed by atoms with van der Waals surface area (Å²) in [4.78, 5) is 12.0. The van der Waals surface area contributed by atoms with Crippen molar-refractivity contribution in [2.75, 3.05) is 0 Å². The Balaban J connectivity index is 2.82. The molecule has 98 valence electrons. The van der Waals surface area contributed by atoms with Crippen molar-refractivity contribution in [2.45, 2.75) is 25.8 Å². The average molecular weight is 270 g/mol. The Morgan fingerprint density at radius 2 is 2.22 bits per heavy atom. The van der Waals surface area contributed by atoms with Crippen molar-refractivity contribution < 1.29 is 10.0 Å². The normalized spacial score (nSPS) is 13.1. The molecule has 5 nitrogen and oxygen atoms in total. The van der Waals surface area contributed by atoms with Gasteiger partial charge in [-0.2, -0.15) is 0 Å². The molecule has 1 aromatic rings. The second-order valence-electron chi connectivity index (χ2n) is 3.82. The molecule has 18 heavy (non-hydrogen) atoms. The number of amidine groups is 1. The Bertz CT molecular complexity index is 449. The number of nitrogens with one attached hydrogen (secondary N) is 1. The van der Waals surface area contributed by atoms with Crippen molar-refractivity contribution in [1.29, 1.82) is 0 Å². The molecule has 0 saturated carbocycles. The van der Waals surface area contributed by atoms with E-state index in [2.05, 4.69) is 10.5 Å². The van der Waals surface area contributed by atoms with Crippen LogP contribution in [0, 0.1) is 0 Å². The molecule has 4 N–H and O–H groups in total. The summed E-state index contributed by atoms with van der Waals surface area (Å²) in [5, 5.41) is 14.6.